The van der Waals surface area contributed by atoms with Gasteiger partial charge in [0.25, 0.3) is 5.91 Å². The van der Waals surface area contributed by atoms with E-state index < -0.39 is 0 Å². The fraction of sp³-hybridized carbons (Fsp3) is 0.118. The molecule has 0 saturated heterocycles. The summed E-state index contributed by atoms with van der Waals surface area (Å²) in [6.45, 7) is 1.87. The molecule has 1 aromatic carbocycles. The van der Waals surface area contributed by atoms with E-state index in [-0.39, 0.29) is 5.91 Å². The number of hydrogen-bond acceptors (Lipinski definition) is 7. The van der Waals surface area contributed by atoms with Crippen LogP contribution < -0.4 is 10.2 Å². The molecule has 0 bridgehead atoms. The summed E-state index contributed by atoms with van der Waals surface area (Å²) in [6, 6.07) is 5.85. The topological polar surface area (TPSA) is 83.4 Å². The maximum Gasteiger partial charge on any atom is 0.276 e. The molecule has 1 amide bonds. The molecular formula is C17H14N6OS. The molecule has 0 atom stereocenters. The summed E-state index contributed by atoms with van der Waals surface area (Å²) in [6.07, 6.45) is 5.07. The minimum atomic E-state index is -0.244. The lowest BCUT2D eigenvalue weighted by Crippen LogP contribution is -2.38. The first-order valence-electron chi connectivity index (χ1n) is 7.57. The van der Waals surface area contributed by atoms with Crippen molar-refractivity contribution in [1.82, 2.24) is 20.3 Å². The number of aromatic nitrogens is 3. The number of anilines is 1. The SMILES string of the molecule is Cc1cnc(N(C)C2=N/C(=C\c3ccc4ncsc4c3)C(=O)N2)cn1. The van der Waals surface area contributed by atoms with Gasteiger partial charge in [-0.05, 0) is 30.7 Å². The summed E-state index contributed by atoms with van der Waals surface area (Å²) in [4.78, 5) is 31.1. The van der Waals surface area contributed by atoms with Crippen molar-refractivity contribution in [2.45, 2.75) is 6.92 Å². The van der Waals surface area contributed by atoms with Crippen LogP contribution in [0.15, 0.2) is 46.8 Å². The van der Waals surface area contributed by atoms with E-state index in [1.807, 2.05) is 25.1 Å². The normalized spacial score (nSPS) is 15.5. The number of thiazole rings is 1. The number of benzene rings is 1. The molecule has 0 aliphatic carbocycles. The number of rotatable bonds is 2. The largest absolute Gasteiger partial charge is 0.298 e. The summed E-state index contributed by atoms with van der Waals surface area (Å²) in [7, 11) is 1.78. The Bertz CT molecular complexity index is 1020. The number of fused-ring (bicyclic) bond motifs is 1. The quantitative estimate of drug-likeness (QED) is 0.717. The Hall–Kier alpha value is -3.13. The summed E-state index contributed by atoms with van der Waals surface area (Å²) in [5.74, 6) is 0.788. The van der Waals surface area contributed by atoms with Gasteiger partial charge in [-0.2, -0.15) is 0 Å². The predicted octanol–water partition coefficient (Wildman–Crippen LogP) is 2.36. The molecule has 1 aliphatic heterocycles. The third kappa shape index (κ3) is 2.99. The second kappa shape index (κ2) is 6.06. The van der Waals surface area contributed by atoms with E-state index in [1.165, 1.54) is 0 Å². The van der Waals surface area contributed by atoms with Crippen LogP contribution in [0.2, 0.25) is 0 Å². The number of nitrogens with one attached hydrogen (secondary N) is 1. The Morgan fingerprint density at radius 2 is 2.08 bits per heavy atom. The summed E-state index contributed by atoms with van der Waals surface area (Å²) >= 11 is 1.56. The van der Waals surface area contributed by atoms with Crippen LogP contribution in [-0.4, -0.2) is 33.9 Å². The van der Waals surface area contributed by atoms with Crippen molar-refractivity contribution in [3.63, 3.8) is 0 Å². The molecule has 1 aliphatic rings. The van der Waals surface area contributed by atoms with Gasteiger partial charge < -0.3 is 0 Å². The molecule has 1 N–H and O–H groups in total. The van der Waals surface area contributed by atoms with Gasteiger partial charge in [0.2, 0.25) is 5.96 Å². The number of hydrogen-bond donors (Lipinski definition) is 1. The Kier molecular flexibility index (Phi) is 3.73. The molecule has 0 unspecified atom stereocenters. The number of nitrogens with zero attached hydrogens (tertiary/aromatic N) is 5. The Morgan fingerprint density at radius 3 is 2.88 bits per heavy atom. The van der Waals surface area contributed by atoms with Gasteiger partial charge in [0, 0.05) is 7.05 Å². The molecule has 7 nitrogen and oxygen atoms in total. The fourth-order valence-corrected chi connectivity index (χ4v) is 3.13. The highest BCUT2D eigenvalue weighted by molar-refractivity contribution is 7.16. The average molecular weight is 350 g/mol. The number of amides is 1. The highest BCUT2D eigenvalue weighted by Crippen LogP contribution is 2.22. The van der Waals surface area contributed by atoms with Crippen molar-refractivity contribution in [3.8, 4) is 0 Å². The van der Waals surface area contributed by atoms with Crippen LogP contribution in [-0.2, 0) is 4.79 Å². The van der Waals surface area contributed by atoms with Gasteiger partial charge in [0.15, 0.2) is 5.82 Å². The summed E-state index contributed by atoms with van der Waals surface area (Å²) in [5, 5.41) is 2.76. The maximum absolute atomic E-state index is 12.2. The molecular weight excluding hydrogens is 336 g/mol. The Morgan fingerprint density at radius 1 is 1.20 bits per heavy atom. The van der Waals surface area contributed by atoms with Crippen molar-refractivity contribution in [1.29, 1.82) is 0 Å². The van der Waals surface area contributed by atoms with E-state index in [9.17, 15) is 4.79 Å². The lowest BCUT2D eigenvalue weighted by atomic mass is 10.2. The maximum atomic E-state index is 12.2. The molecule has 0 spiro atoms. The van der Waals surface area contributed by atoms with E-state index in [2.05, 4.69) is 25.3 Å². The van der Waals surface area contributed by atoms with Gasteiger partial charge in [-0.25, -0.2) is 15.0 Å². The summed E-state index contributed by atoms with van der Waals surface area (Å²) < 4.78 is 1.07. The van der Waals surface area contributed by atoms with Crippen molar-refractivity contribution >= 4 is 45.3 Å². The average Bonchev–Trinajstić information content (AvgIpc) is 3.21. The smallest absolute Gasteiger partial charge is 0.276 e. The first-order chi connectivity index (χ1) is 12.1. The number of aliphatic imine (C=N–C) groups is 1. The Balaban J connectivity index is 1.63. The van der Waals surface area contributed by atoms with Gasteiger partial charge in [0.1, 0.15) is 5.70 Å². The van der Waals surface area contributed by atoms with Gasteiger partial charge in [-0.1, -0.05) is 6.07 Å². The molecule has 8 heteroatoms. The monoisotopic (exact) mass is 350 g/mol. The van der Waals surface area contributed by atoms with Gasteiger partial charge in [-0.3, -0.25) is 20.0 Å². The Labute approximate surface area is 147 Å². The minimum absolute atomic E-state index is 0.244. The standard InChI is InChI=1S/C17H14N6OS/c1-10-7-19-15(8-18-10)23(2)17-21-13(16(24)22-17)5-11-3-4-12-14(6-11)25-9-20-12/h3-9H,1-2H3,(H,21,22,24)/b13-5-. The van der Waals surface area contributed by atoms with E-state index in [0.717, 1.165) is 21.5 Å². The van der Waals surface area contributed by atoms with Crippen molar-refractivity contribution in [2.24, 2.45) is 4.99 Å². The molecule has 124 valence electrons. The molecule has 3 heterocycles. The van der Waals surface area contributed by atoms with E-state index in [0.29, 0.717) is 17.5 Å². The number of carbonyl (C=O) groups excluding carboxylic acids is 1. The molecule has 0 radical (unpaired) electrons. The highest BCUT2D eigenvalue weighted by Gasteiger charge is 2.24. The van der Waals surface area contributed by atoms with Crippen LogP contribution in [0, 0.1) is 6.92 Å². The van der Waals surface area contributed by atoms with Gasteiger partial charge in [0.05, 0.1) is 33.8 Å². The van der Waals surface area contributed by atoms with Crippen LogP contribution in [0.1, 0.15) is 11.3 Å². The van der Waals surface area contributed by atoms with Crippen LogP contribution in [0.5, 0.6) is 0 Å². The van der Waals surface area contributed by atoms with Crippen molar-refractivity contribution in [2.75, 3.05) is 11.9 Å². The number of carbonyl (C=O) groups is 1. The van der Waals surface area contributed by atoms with Gasteiger partial charge in [-0.15, -0.1) is 11.3 Å². The molecule has 0 saturated carbocycles. The van der Waals surface area contributed by atoms with Crippen LogP contribution in [0.3, 0.4) is 0 Å². The first kappa shape index (κ1) is 15.4. The van der Waals surface area contributed by atoms with Crippen LogP contribution in [0.25, 0.3) is 16.3 Å². The number of aryl methyl sites for hydroxylation is 1. The van der Waals surface area contributed by atoms with Gasteiger partial charge >= 0.3 is 0 Å². The second-order valence-electron chi connectivity index (χ2n) is 5.57. The molecule has 0 fully saturated rings. The fourth-order valence-electron chi connectivity index (χ4n) is 2.40. The van der Waals surface area contributed by atoms with Crippen LogP contribution >= 0.6 is 11.3 Å². The molecule has 4 rings (SSSR count). The van der Waals surface area contributed by atoms with Crippen molar-refractivity contribution < 1.29 is 4.79 Å². The van der Waals surface area contributed by atoms with E-state index >= 15 is 0 Å². The zero-order chi connectivity index (χ0) is 17.4. The zero-order valence-corrected chi connectivity index (χ0v) is 14.4. The third-order valence-electron chi connectivity index (χ3n) is 3.77. The molecule has 2 aromatic heterocycles. The third-order valence-corrected chi connectivity index (χ3v) is 4.56. The van der Waals surface area contributed by atoms with Crippen LogP contribution in [0.4, 0.5) is 5.82 Å². The minimum Gasteiger partial charge on any atom is -0.298 e. The summed E-state index contributed by atoms with van der Waals surface area (Å²) in [5.41, 5.74) is 4.84. The second-order valence-corrected chi connectivity index (χ2v) is 6.46. The molecule has 3 aromatic rings. The van der Waals surface area contributed by atoms with Crippen molar-refractivity contribution in [3.05, 3.63) is 53.1 Å². The number of guanidine groups is 1. The predicted molar refractivity (Wildman–Crippen MR) is 98.3 cm³/mol. The van der Waals surface area contributed by atoms with E-state index in [1.54, 1.807) is 47.3 Å². The first-order valence-corrected chi connectivity index (χ1v) is 8.45. The lowest BCUT2D eigenvalue weighted by molar-refractivity contribution is -0.115. The zero-order valence-electron chi connectivity index (χ0n) is 13.6. The lowest BCUT2D eigenvalue weighted by Gasteiger charge is -2.16. The highest BCUT2D eigenvalue weighted by atomic mass is 32.1. The van der Waals surface area contributed by atoms with E-state index in [4.69, 9.17) is 0 Å². The molecule has 25 heavy (non-hydrogen) atoms.